The first-order valence-electron chi connectivity index (χ1n) is 5.07. The van der Waals surface area contributed by atoms with E-state index in [0.29, 0.717) is 12.1 Å². The van der Waals surface area contributed by atoms with E-state index in [9.17, 15) is 4.79 Å². The fraction of sp³-hybridized carbons (Fsp3) is 0.889. The number of nitrogens with one attached hydrogen (secondary N) is 2. The lowest BCUT2D eigenvalue weighted by atomic mass is 9.98. The highest BCUT2D eigenvalue weighted by Crippen LogP contribution is 2.17. The number of hydrogen-bond acceptors (Lipinski definition) is 2. The van der Waals surface area contributed by atoms with Crippen LogP contribution in [0, 0.1) is 0 Å². The molecule has 2 atom stereocenters. The van der Waals surface area contributed by atoms with Crippen LogP contribution in [0.1, 0.15) is 19.8 Å². The molecule has 2 saturated heterocycles. The summed E-state index contributed by atoms with van der Waals surface area (Å²) in [6.45, 7) is 4.93. The summed E-state index contributed by atoms with van der Waals surface area (Å²) < 4.78 is 0. The minimum Gasteiger partial charge on any atom is -0.336 e. The molecule has 0 bridgehead atoms. The van der Waals surface area contributed by atoms with Crippen molar-refractivity contribution < 1.29 is 4.79 Å². The number of urea groups is 1. The van der Waals surface area contributed by atoms with Gasteiger partial charge in [-0.2, -0.15) is 0 Å². The third kappa shape index (κ3) is 1.63. The van der Waals surface area contributed by atoms with E-state index in [-0.39, 0.29) is 6.03 Å². The molecule has 2 N–H and O–H groups in total. The van der Waals surface area contributed by atoms with Crippen LogP contribution in [0.15, 0.2) is 0 Å². The van der Waals surface area contributed by atoms with Crippen molar-refractivity contribution in [1.82, 2.24) is 15.5 Å². The summed E-state index contributed by atoms with van der Waals surface area (Å²) in [5.74, 6) is 0. The Morgan fingerprint density at radius 3 is 2.92 bits per heavy atom. The highest BCUT2D eigenvalue weighted by Gasteiger charge is 2.32. The topological polar surface area (TPSA) is 44.4 Å². The van der Waals surface area contributed by atoms with Gasteiger partial charge in [0, 0.05) is 25.2 Å². The monoisotopic (exact) mass is 183 g/mol. The quantitative estimate of drug-likeness (QED) is 0.608. The first kappa shape index (κ1) is 8.81. The summed E-state index contributed by atoms with van der Waals surface area (Å²) in [4.78, 5) is 13.4. The molecule has 0 radical (unpaired) electrons. The average Bonchev–Trinajstić information content (AvgIpc) is 2.52. The molecule has 0 aromatic rings. The Labute approximate surface area is 78.7 Å². The molecule has 4 nitrogen and oxygen atoms in total. The van der Waals surface area contributed by atoms with Crippen molar-refractivity contribution >= 4 is 6.03 Å². The number of amides is 2. The van der Waals surface area contributed by atoms with Gasteiger partial charge in [0.2, 0.25) is 0 Å². The zero-order chi connectivity index (χ0) is 9.26. The van der Waals surface area contributed by atoms with E-state index in [0.717, 1.165) is 26.1 Å². The fourth-order valence-corrected chi connectivity index (χ4v) is 2.26. The maximum atomic E-state index is 11.4. The van der Waals surface area contributed by atoms with Crippen LogP contribution in [-0.4, -0.2) is 42.6 Å². The first-order valence-corrected chi connectivity index (χ1v) is 5.07. The second-order valence-corrected chi connectivity index (χ2v) is 3.88. The summed E-state index contributed by atoms with van der Waals surface area (Å²) in [6, 6.07) is 0.953. The fourth-order valence-electron chi connectivity index (χ4n) is 2.26. The number of piperidine rings is 1. The molecule has 0 aliphatic carbocycles. The van der Waals surface area contributed by atoms with E-state index in [1.165, 1.54) is 6.42 Å². The highest BCUT2D eigenvalue weighted by atomic mass is 16.2. The Bertz CT molecular complexity index is 207. The molecule has 13 heavy (non-hydrogen) atoms. The van der Waals surface area contributed by atoms with Crippen LogP contribution < -0.4 is 10.6 Å². The lowest BCUT2D eigenvalue weighted by molar-refractivity contribution is 0.164. The van der Waals surface area contributed by atoms with Gasteiger partial charge in [0.25, 0.3) is 0 Å². The van der Waals surface area contributed by atoms with Crippen LogP contribution >= 0.6 is 0 Å². The Morgan fingerprint density at radius 1 is 1.46 bits per heavy atom. The lowest BCUT2D eigenvalue weighted by Crippen LogP contribution is -2.53. The molecule has 2 aliphatic rings. The summed E-state index contributed by atoms with van der Waals surface area (Å²) in [7, 11) is 0. The molecule has 0 unspecified atom stereocenters. The van der Waals surface area contributed by atoms with Gasteiger partial charge in [0.1, 0.15) is 0 Å². The Kier molecular flexibility index (Phi) is 2.40. The van der Waals surface area contributed by atoms with Gasteiger partial charge in [0.05, 0.1) is 0 Å². The van der Waals surface area contributed by atoms with Gasteiger partial charge in [0.15, 0.2) is 0 Å². The van der Waals surface area contributed by atoms with Gasteiger partial charge in [-0.1, -0.05) is 0 Å². The SMILES string of the molecule is C[C@@H]1NCCC[C@@H]1N1CCNC1=O. The van der Waals surface area contributed by atoms with Crippen LogP contribution in [0.2, 0.25) is 0 Å². The van der Waals surface area contributed by atoms with E-state index in [1.54, 1.807) is 0 Å². The second-order valence-electron chi connectivity index (χ2n) is 3.88. The smallest absolute Gasteiger partial charge is 0.317 e. The third-order valence-corrected chi connectivity index (χ3v) is 3.01. The molecule has 2 fully saturated rings. The number of hydrogen-bond donors (Lipinski definition) is 2. The van der Waals surface area contributed by atoms with Crippen LogP contribution in [0.5, 0.6) is 0 Å². The van der Waals surface area contributed by atoms with E-state index in [2.05, 4.69) is 17.6 Å². The van der Waals surface area contributed by atoms with Crippen molar-refractivity contribution in [3.05, 3.63) is 0 Å². The molecule has 0 aromatic heterocycles. The van der Waals surface area contributed by atoms with E-state index in [1.807, 2.05) is 4.90 Å². The molecule has 2 heterocycles. The molecule has 4 heteroatoms. The molecule has 2 aliphatic heterocycles. The van der Waals surface area contributed by atoms with E-state index >= 15 is 0 Å². The molecular weight excluding hydrogens is 166 g/mol. The molecular formula is C9H17N3O. The van der Waals surface area contributed by atoms with E-state index in [4.69, 9.17) is 0 Å². The Hall–Kier alpha value is -0.770. The Morgan fingerprint density at radius 2 is 2.31 bits per heavy atom. The molecule has 2 rings (SSSR count). The predicted molar refractivity (Wildman–Crippen MR) is 50.6 cm³/mol. The van der Waals surface area contributed by atoms with E-state index < -0.39 is 0 Å². The van der Waals surface area contributed by atoms with Gasteiger partial charge >= 0.3 is 6.03 Å². The van der Waals surface area contributed by atoms with Crippen LogP contribution in [0.4, 0.5) is 4.79 Å². The first-order chi connectivity index (χ1) is 6.29. The van der Waals surface area contributed by atoms with Crippen molar-refractivity contribution in [3.8, 4) is 0 Å². The van der Waals surface area contributed by atoms with Gasteiger partial charge < -0.3 is 15.5 Å². The summed E-state index contributed by atoms with van der Waals surface area (Å²) in [5, 5.41) is 6.25. The van der Waals surface area contributed by atoms with Crippen molar-refractivity contribution in [2.75, 3.05) is 19.6 Å². The third-order valence-electron chi connectivity index (χ3n) is 3.01. The standard InChI is InChI=1S/C9H17N3O/c1-7-8(3-2-4-10-7)12-6-5-11-9(12)13/h7-8,10H,2-6H2,1H3,(H,11,13)/t7-,8-/m0/s1. The minimum absolute atomic E-state index is 0.112. The number of carbonyl (C=O) groups excluding carboxylic acids is 1. The molecule has 0 saturated carbocycles. The summed E-state index contributed by atoms with van der Waals surface area (Å²) >= 11 is 0. The molecule has 0 aromatic carbocycles. The number of carbonyl (C=O) groups is 1. The van der Waals surface area contributed by atoms with Crippen molar-refractivity contribution in [3.63, 3.8) is 0 Å². The zero-order valence-electron chi connectivity index (χ0n) is 8.05. The molecule has 0 spiro atoms. The van der Waals surface area contributed by atoms with Gasteiger partial charge in [-0.05, 0) is 26.3 Å². The van der Waals surface area contributed by atoms with Crippen LogP contribution in [0.25, 0.3) is 0 Å². The molecule has 2 amide bonds. The van der Waals surface area contributed by atoms with Crippen molar-refractivity contribution in [2.45, 2.75) is 31.8 Å². The maximum Gasteiger partial charge on any atom is 0.317 e. The normalized spacial score (nSPS) is 34.8. The van der Waals surface area contributed by atoms with Gasteiger partial charge in [-0.15, -0.1) is 0 Å². The predicted octanol–water partition coefficient (Wildman–Crippen LogP) is 0.152. The van der Waals surface area contributed by atoms with Crippen molar-refractivity contribution in [1.29, 1.82) is 0 Å². The maximum absolute atomic E-state index is 11.4. The number of rotatable bonds is 1. The largest absolute Gasteiger partial charge is 0.336 e. The average molecular weight is 183 g/mol. The second kappa shape index (κ2) is 3.54. The Balaban J connectivity index is 2.01. The summed E-state index contributed by atoms with van der Waals surface area (Å²) in [5.41, 5.74) is 0. The summed E-state index contributed by atoms with van der Waals surface area (Å²) in [6.07, 6.45) is 2.32. The van der Waals surface area contributed by atoms with Crippen LogP contribution in [0.3, 0.4) is 0 Å². The minimum atomic E-state index is 0.112. The van der Waals surface area contributed by atoms with Crippen molar-refractivity contribution in [2.24, 2.45) is 0 Å². The van der Waals surface area contributed by atoms with Gasteiger partial charge in [-0.25, -0.2) is 4.79 Å². The highest BCUT2D eigenvalue weighted by molar-refractivity contribution is 5.76. The zero-order valence-corrected chi connectivity index (χ0v) is 8.05. The molecule has 74 valence electrons. The number of nitrogens with zero attached hydrogens (tertiary/aromatic N) is 1. The lowest BCUT2D eigenvalue weighted by Gasteiger charge is -2.36. The van der Waals surface area contributed by atoms with Gasteiger partial charge in [-0.3, -0.25) is 0 Å². The van der Waals surface area contributed by atoms with Crippen LogP contribution in [-0.2, 0) is 0 Å².